The van der Waals surface area contributed by atoms with Crippen molar-refractivity contribution >= 4 is 22.6 Å². The molecule has 0 aliphatic heterocycles. The number of ether oxygens (including phenoxy) is 6. The van der Waals surface area contributed by atoms with Crippen LogP contribution in [0.25, 0.3) is 10.8 Å². The number of fused-ring (bicyclic) bond motifs is 1. The highest BCUT2D eigenvalue weighted by Crippen LogP contribution is 2.45. The Labute approximate surface area is 390 Å². The van der Waals surface area contributed by atoms with Crippen molar-refractivity contribution in [2.24, 2.45) is 0 Å². The zero-order chi connectivity index (χ0) is 45.9. The highest BCUT2D eigenvalue weighted by Gasteiger charge is 2.38. The van der Waals surface area contributed by atoms with Gasteiger partial charge in [0.15, 0.2) is 0 Å². The van der Waals surface area contributed by atoms with Crippen LogP contribution in [0, 0.1) is 0 Å². The molecule has 2 amide bonds. The molecule has 0 saturated carbocycles. The zero-order valence-corrected chi connectivity index (χ0v) is 38.4. The van der Waals surface area contributed by atoms with E-state index in [0.717, 1.165) is 53.7 Å². The van der Waals surface area contributed by atoms with E-state index in [1.807, 2.05) is 36.4 Å². The normalized spacial score (nSPS) is 11.3. The van der Waals surface area contributed by atoms with Gasteiger partial charge in [-0.2, -0.15) is 0 Å². The van der Waals surface area contributed by atoms with Crippen LogP contribution in [0.15, 0.2) is 152 Å². The van der Waals surface area contributed by atoms with E-state index in [1.165, 1.54) is 22.3 Å². The maximum atomic E-state index is 12.4. The second-order valence-corrected chi connectivity index (χ2v) is 16.1. The summed E-state index contributed by atoms with van der Waals surface area (Å²) in [5, 5.41) is 7.87. The van der Waals surface area contributed by atoms with Gasteiger partial charge in [0.2, 0.25) is 11.8 Å². The largest absolute Gasteiger partial charge is 0.494 e. The van der Waals surface area contributed by atoms with Crippen molar-refractivity contribution in [3.05, 3.63) is 174 Å². The summed E-state index contributed by atoms with van der Waals surface area (Å²) in [6.07, 6.45) is 6.05. The molecule has 0 atom stereocenters. The lowest BCUT2D eigenvalue weighted by Gasteiger charge is -2.36. The molecule has 0 spiro atoms. The van der Waals surface area contributed by atoms with Crippen LogP contribution < -0.4 is 24.8 Å². The van der Waals surface area contributed by atoms with E-state index in [9.17, 15) is 9.59 Å². The first kappa shape index (κ1) is 49.2. The number of methoxy groups -OCH3 is 1. The van der Waals surface area contributed by atoms with E-state index in [-0.39, 0.29) is 11.8 Å². The number of hydrogen-bond acceptors (Lipinski definition) is 8. The Balaban J connectivity index is 0.756. The summed E-state index contributed by atoms with van der Waals surface area (Å²) in [5.41, 5.74) is 4.34. The zero-order valence-electron chi connectivity index (χ0n) is 38.4. The van der Waals surface area contributed by atoms with Gasteiger partial charge in [-0.05, 0) is 72.2 Å². The fourth-order valence-corrected chi connectivity index (χ4v) is 8.15. The fraction of sp³-hybridized carbons (Fsp3) is 0.357. The Morgan fingerprint density at radius 3 is 1.42 bits per heavy atom. The van der Waals surface area contributed by atoms with Gasteiger partial charge in [-0.25, -0.2) is 0 Å². The fourth-order valence-electron chi connectivity index (χ4n) is 8.15. The number of benzene rings is 6. The van der Waals surface area contributed by atoms with Crippen molar-refractivity contribution in [2.45, 2.75) is 56.8 Å². The minimum absolute atomic E-state index is 0.0341. The van der Waals surface area contributed by atoms with Crippen LogP contribution in [0.5, 0.6) is 17.2 Å². The molecular weight excluding hydrogens is 829 g/mol. The van der Waals surface area contributed by atoms with Crippen molar-refractivity contribution in [1.29, 1.82) is 0 Å². The highest BCUT2D eigenvalue weighted by atomic mass is 16.5. The average Bonchev–Trinajstić information content (AvgIpc) is 3.36. The van der Waals surface area contributed by atoms with Crippen LogP contribution in [-0.2, 0) is 29.2 Å². The predicted octanol–water partition coefficient (Wildman–Crippen LogP) is 10.1. The van der Waals surface area contributed by atoms with Crippen molar-refractivity contribution < 1.29 is 38.0 Å². The Morgan fingerprint density at radius 1 is 0.409 bits per heavy atom. The highest BCUT2D eigenvalue weighted by molar-refractivity contribution is 5.93. The first-order valence-corrected chi connectivity index (χ1v) is 23.4. The summed E-state index contributed by atoms with van der Waals surface area (Å²) in [5.74, 6) is 2.43. The first-order valence-electron chi connectivity index (χ1n) is 23.4. The number of carbonyl (C=O) groups is 2. The lowest BCUT2D eigenvalue weighted by Crippen LogP contribution is -2.30. The standard InChI is InChI=1S/C56H66N2O8/c1-61-39-43-65-52-27-17-26-51-50(52)25-18-28-53(51)66-44-42-63-41-40-62-38-36-58-55(60)30-14-13-29-54(59)57-35-15-2-3-16-37-64-49-33-31-48(32-34-49)56(45-19-7-4-8-20-45,46-21-9-5-10-22-46)47-23-11-6-12-24-47/h4-12,17-28,31-34H,2-3,13-16,29-30,35-44H2,1H3,(H,57,59)(H,58,60). The lowest BCUT2D eigenvalue weighted by molar-refractivity contribution is -0.123. The molecule has 0 unspecified atom stereocenters. The molecule has 348 valence electrons. The van der Waals surface area contributed by atoms with Gasteiger partial charge in [-0.3, -0.25) is 9.59 Å². The molecule has 10 heteroatoms. The summed E-state index contributed by atoms with van der Waals surface area (Å²) in [6, 6.07) is 52.5. The maximum absolute atomic E-state index is 12.4. The number of rotatable bonds is 31. The molecular formula is C56H66N2O8. The van der Waals surface area contributed by atoms with E-state index in [0.29, 0.717) is 91.6 Å². The molecule has 6 rings (SSSR count). The third-order valence-corrected chi connectivity index (χ3v) is 11.4. The van der Waals surface area contributed by atoms with Crippen molar-refractivity contribution in [3.8, 4) is 17.2 Å². The topological polar surface area (TPSA) is 114 Å². The van der Waals surface area contributed by atoms with E-state index >= 15 is 0 Å². The van der Waals surface area contributed by atoms with E-state index in [1.54, 1.807) is 7.11 Å². The molecule has 0 aliphatic rings. The molecule has 66 heavy (non-hydrogen) atoms. The van der Waals surface area contributed by atoms with Gasteiger partial charge in [0.25, 0.3) is 0 Å². The van der Waals surface area contributed by atoms with Gasteiger partial charge in [-0.1, -0.05) is 140 Å². The van der Waals surface area contributed by atoms with Crippen molar-refractivity contribution in [3.63, 3.8) is 0 Å². The predicted molar refractivity (Wildman–Crippen MR) is 262 cm³/mol. The second-order valence-electron chi connectivity index (χ2n) is 16.1. The first-order chi connectivity index (χ1) is 32.6. The smallest absolute Gasteiger partial charge is 0.220 e. The van der Waals surface area contributed by atoms with E-state index in [4.69, 9.17) is 28.4 Å². The molecule has 0 fully saturated rings. The number of hydrogen-bond donors (Lipinski definition) is 2. The van der Waals surface area contributed by atoms with Crippen molar-refractivity contribution in [1.82, 2.24) is 10.6 Å². The van der Waals surface area contributed by atoms with Crippen LogP contribution in [-0.4, -0.2) is 84.9 Å². The van der Waals surface area contributed by atoms with Gasteiger partial charge in [-0.15, -0.1) is 0 Å². The Hall–Kier alpha value is -6.20. The molecule has 6 aromatic carbocycles. The Kier molecular flexibility index (Phi) is 20.9. The quantitative estimate of drug-likeness (QED) is 0.0328. The molecule has 0 saturated heterocycles. The SMILES string of the molecule is COCCOc1cccc2c(OCCOCCOCCNC(=O)CCCCC(=O)NCCCCCCOc3ccc(C(c4ccccc4)(c4ccccc4)c4ccccc4)cc3)cccc12. The molecule has 0 bridgehead atoms. The van der Waals surface area contributed by atoms with E-state index < -0.39 is 5.41 Å². The summed E-state index contributed by atoms with van der Waals surface area (Å²) < 4.78 is 34.4. The Morgan fingerprint density at radius 2 is 0.879 bits per heavy atom. The van der Waals surface area contributed by atoms with Crippen LogP contribution in [0.3, 0.4) is 0 Å². The molecule has 6 aromatic rings. The van der Waals surface area contributed by atoms with Crippen LogP contribution in [0.1, 0.15) is 73.6 Å². The molecule has 10 nitrogen and oxygen atoms in total. The maximum Gasteiger partial charge on any atom is 0.220 e. The third kappa shape index (κ3) is 14.9. The van der Waals surface area contributed by atoms with Crippen LogP contribution >= 0.6 is 0 Å². The lowest BCUT2D eigenvalue weighted by atomic mass is 9.65. The number of amides is 2. The summed E-state index contributed by atoms with van der Waals surface area (Å²) in [6.45, 7) is 4.82. The van der Waals surface area contributed by atoms with Gasteiger partial charge in [0.05, 0.1) is 45.1 Å². The summed E-state index contributed by atoms with van der Waals surface area (Å²) in [4.78, 5) is 24.6. The van der Waals surface area contributed by atoms with Gasteiger partial charge in [0.1, 0.15) is 30.5 Å². The van der Waals surface area contributed by atoms with Crippen LogP contribution in [0.2, 0.25) is 0 Å². The van der Waals surface area contributed by atoms with Gasteiger partial charge in [0, 0.05) is 43.8 Å². The molecule has 0 aliphatic carbocycles. The molecule has 0 radical (unpaired) electrons. The average molecular weight is 895 g/mol. The number of carbonyl (C=O) groups excluding carboxylic acids is 2. The molecule has 2 N–H and O–H groups in total. The third-order valence-electron chi connectivity index (χ3n) is 11.4. The van der Waals surface area contributed by atoms with Crippen molar-refractivity contribution in [2.75, 3.05) is 73.1 Å². The van der Waals surface area contributed by atoms with Crippen LogP contribution in [0.4, 0.5) is 0 Å². The summed E-state index contributed by atoms with van der Waals surface area (Å²) >= 11 is 0. The minimum atomic E-state index is -0.477. The monoisotopic (exact) mass is 894 g/mol. The van der Waals surface area contributed by atoms with Gasteiger partial charge >= 0.3 is 0 Å². The Bertz CT molecular complexity index is 2190. The number of nitrogens with one attached hydrogen (secondary N) is 2. The second kappa shape index (κ2) is 28.0. The minimum Gasteiger partial charge on any atom is -0.494 e. The molecule has 0 aromatic heterocycles. The molecule has 0 heterocycles. The van der Waals surface area contributed by atoms with E-state index in [2.05, 4.69) is 126 Å². The van der Waals surface area contributed by atoms with Gasteiger partial charge < -0.3 is 39.1 Å². The summed E-state index contributed by atoms with van der Waals surface area (Å²) in [7, 11) is 1.65. The number of unbranched alkanes of at least 4 members (excludes halogenated alkanes) is 4.